The van der Waals surface area contributed by atoms with Crippen LogP contribution in [-0.2, 0) is 4.79 Å². The first-order valence-electron chi connectivity index (χ1n) is 5.93. The number of nitro groups is 1. The van der Waals surface area contributed by atoms with E-state index in [4.69, 9.17) is 16.7 Å². The first kappa shape index (κ1) is 14.7. The number of nitrogens with zero attached hydrogens (tertiary/aromatic N) is 1. The Kier molecular flexibility index (Phi) is 4.35. The topological polar surface area (TPSA) is 80.4 Å². The molecule has 0 saturated heterocycles. The summed E-state index contributed by atoms with van der Waals surface area (Å²) < 4.78 is 0. The predicted molar refractivity (Wildman–Crippen MR) is 80.2 cm³/mol. The number of nitro benzene ring substituents is 1. The summed E-state index contributed by atoms with van der Waals surface area (Å²) in [5, 5.41) is 20.3. The van der Waals surface area contributed by atoms with Crippen molar-refractivity contribution in [3.05, 3.63) is 69.2 Å². The van der Waals surface area contributed by atoms with Crippen molar-refractivity contribution < 1.29 is 14.8 Å². The lowest BCUT2D eigenvalue weighted by atomic mass is 10.0. The van der Waals surface area contributed by atoms with Crippen LogP contribution in [0.5, 0.6) is 0 Å². The van der Waals surface area contributed by atoms with Gasteiger partial charge in [0.15, 0.2) is 0 Å². The van der Waals surface area contributed by atoms with Gasteiger partial charge >= 0.3 is 5.97 Å². The van der Waals surface area contributed by atoms with Gasteiger partial charge in [-0.2, -0.15) is 0 Å². The van der Waals surface area contributed by atoms with E-state index in [0.717, 1.165) is 6.08 Å². The van der Waals surface area contributed by atoms with Crippen LogP contribution in [0, 0.1) is 10.1 Å². The maximum atomic E-state index is 11.2. The molecule has 0 radical (unpaired) electrons. The number of carbonyl (C=O) groups is 1. The summed E-state index contributed by atoms with van der Waals surface area (Å²) in [5.74, 6) is -1.11. The number of benzene rings is 2. The van der Waals surface area contributed by atoms with Crippen molar-refractivity contribution in [1.29, 1.82) is 0 Å². The summed E-state index contributed by atoms with van der Waals surface area (Å²) in [6.07, 6.45) is 2.24. The standard InChI is InChI=1S/C15H10ClNO4/c16-12-5-3-11(4-6-12)13-7-1-10(2-8-15(18)19)9-14(13)17(20)21/h1-9H,(H,18,19). The quantitative estimate of drug-likeness (QED) is 0.525. The lowest BCUT2D eigenvalue weighted by molar-refractivity contribution is -0.384. The molecule has 0 saturated carbocycles. The summed E-state index contributed by atoms with van der Waals surface area (Å²) in [5.41, 5.74) is 1.47. The summed E-state index contributed by atoms with van der Waals surface area (Å²) in [6, 6.07) is 11.2. The van der Waals surface area contributed by atoms with Crippen molar-refractivity contribution in [3.8, 4) is 11.1 Å². The van der Waals surface area contributed by atoms with E-state index in [2.05, 4.69) is 0 Å². The van der Waals surface area contributed by atoms with Crippen LogP contribution in [0.3, 0.4) is 0 Å². The Bertz CT molecular complexity index is 723. The van der Waals surface area contributed by atoms with Crippen LogP contribution in [0.25, 0.3) is 17.2 Å². The number of rotatable bonds is 4. The van der Waals surface area contributed by atoms with Gasteiger partial charge in [-0.1, -0.05) is 29.8 Å². The number of carboxylic acid groups (broad SMARTS) is 1. The minimum atomic E-state index is -1.11. The van der Waals surface area contributed by atoms with Gasteiger partial charge in [-0.05, 0) is 35.4 Å². The third kappa shape index (κ3) is 3.67. The van der Waals surface area contributed by atoms with Gasteiger partial charge in [0.1, 0.15) is 0 Å². The zero-order valence-electron chi connectivity index (χ0n) is 10.7. The number of halogens is 1. The summed E-state index contributed by atoms with van der Waals surface area (Å²) in [4.78, 5) is 21.2. The number of hydrogen-bond donors (Lipinski definition) is 1. The Hall–Kier alpha value is -2.66. The van der Waals surface area contributed by atoms with Gasteiger partial charge in [-0.15, -0.1) is 0 Å². The fourth-order valence-corrected chi connectivity index (χ4v) is 1.97. The lowest BCUT2D eigenvalue weighted by Crippen LogP contribution is -1.93. The summed E-state index contributed by atoms with van der Waals surface area (Å²) in [7, 11) is 0. The van der Waals surface area contributed by atoms with E-state index in [1.807, 2.05) is 0 Å². The third-order valence-electron chi connectivity index (χ3n) is 2.79. The van der Waals surface area contributed by atoms with Gasteiger partial charge < -0.3 is 5.11 Å². The monoisotopic (exact) mass is 303 g/mol. The highest BCUT2D eigenvalue weighted by atomic mass is 35.5. The molecule has 0 aromatic heterocycles. The predicted octanol–water partition coefficient (Wildman–Crippen LogP) is 4.01. The summed E-state index contributed by atoms with van der Waals surface area (Å²) in [6.45, 7) is 0. The molecular weight excluding hydrogens is 294 g/mol. The molecule has 0 heterocycles. The van der Waals surface area contributed by atoms with E-state index in [-0.39, 0.29) is 5.69 Å². The zero-order chi connectivity index (χ0) is 15.4. The molecule has 2 rings (SSSR count). The molecule has 0 aliphatic rings. The second-order valence-electron chi connectivity index (χ2n) is 4.21. The van der Waals surface area contributed by atoms with Gasteiger partial charge in [0, 0.05) is 17.2 Å². The van der Waals surface area contributed by atoms with E-state index in [1.165, 1.54) is 12.1 Å². The van der Waals surface area contributed by atoms with E-state index in [0.29, 0.717) is 21.7 Å². The fraction of sp³-hybridized carbons (Fsp3) is 0. The van der Waals surface area contributed by atoms with Gasteiger partial charge in [0.05, 0.1) is 10.5 Å². The van der Waals surface area contributed by atoms with Crippen LogP contribution in [0.4, 0.5) is 5.69 Å². The highest BCUT2D eigenvalue weighted by Gasteiger charge is 2.15. The Morgan fingerprint density at radius 2 is 1.86 bits per heavy atom. The van der Waals surface area contributed by atoms with Crippen LogP contribution in [-0.4, -0.2) is 16.0 Å². The van der Waals surface area contributed by atoms with Crippen LogP contribution in [0.15, 0.2) is 48.5 Å². The maximum absolute atomic E-state index is 11.2. The largest absolute Gasteiger partial charge is 0.478 e. The Balaban J connectivity index is 2.49. The van der Waals surface area contributed by atoms with Crippen molar-refractivity contribution in [2.24, 2.45) is 0 Å². The molecule has 0 fully saturated rings. The molecular formula is C15H10ClNO4. The van der Waals surface area contributed by atoms with E-state index < -0.39 is 10.9 Å². The Labute approximate surface area is 125 Å². The van der Waals surface area contributed by atoms with Crippen molar-refractivity contribution in [2.75, 3.05) is 0 Å². The van der Waals surface area contributed by atoms with Gasteiger partial charge in [0.25, 0.3) is 5.69 Å². The SMILES string of the molecule is O=C(O)C=Cc1ccc(-c2ccc(Cl)cc2)c([N+](=O)[O-])c1. The highest BCUT2D eigenvalue weighted by Crippen LogP contribution is 2.31. The molecule has 0 aliphatic heterocycles. The molecule has 106 valence electrons. The molecule has 1 N–H and O–H groups in total. The normalized spacial score (nSPS) is 10.7. The Morgan fingerprint density at radius 3 is 2.43 bits per heavy atom. The molecule has 5 nitrogen and oxygen atoms in total. The average molecular weight is 304 g/mol. The van der Waals surface area contributed by atoms with Crippen LogP contribution >= 0.6 is 11.6 Å². The van der Waals surface area contributed by atoms with E-state index in [9.17, 15) is 14.9 Å². The van der Waals surface area contributed by atoms with Crippen molar-refractivity contribution in [2.45, 2.75) is 0 Å². The number of aliphatic carboxylic acids is 1. The number of hydrogen-bond acceptors (Lipinski definition) is 3. The van der Waals surface area contributed by atoms with Crippen LogP contribution in [0.2, 0.25) is 5.02 Å². The first-order valence-corrected chi connectivity index (χ1v) is 6.30. The van der Waals surface area contributed by atoms with Crippen LogP contribution in [0.1, 0.15) is 5.56 Å². The van der Waals surface area contributed by atoms with Gasteiger partial charge in [-0.25, -0.2) is 4.79 Å². The zero-order valence-corrected chi connectivity index (χ0v) is 11.4. The fourth-order valence-electron chi connectivity index (χ4n) is 1.84. The van der Waals surface area contributed by atoms with Gasteiger partial charge in [0.2, 0.25) is 0 Å². The minimum absolute atomic E-state index is 0.0927. The molecule has 2 aromatic carbocycles. The molecule has 0 atom stereocenters. The maximum Gasteiger partial charge on any atom is 0.328 e. The number of carboxylic acids is 1. The molecule has 6 heteroatoms. The molecule has 0 amide bonds. The molecule has 2 aromatic rings. The van der Waals surface area contributed by atoms with Crippen molar-refractivity contribution in [3.63, 3.8) is 0 Å². The summed E-state index contributed by atoms with van der Waals surface area (Å²) >= 11 is 5.80. The lowest BCUT2D eigenvalue weighted by Gasteiger charge is -2.04. The van der Waals surface area contributed by atoms with E-state index >= 15 is 0 Å². The van der Waals surface area contributed by atoms with Crippen molar-refractivity contribution in [1.82, 2.24) is 0 Å². The third-order valence-corrected chi connectivity index (χ3v) is 3.04. The smallest absolute Gasteiger partial charge is 0.328 e. The second kappa shape index (κ2) is 6.19. The Morgan fingerprint density at radius 1 is 1.19 bits per heavy atom. The second-order valence-corrected chi connectivity index (χ2v) is 4.65. The average Bonchev–Trinajstić information content (AvgIpc) is 2.45. The molecule has 0 spiro atoms. The molecule has 0 aliphatic carbocycles. The first-order chi connectivity index (χ1) is 9.97. The molecule has 0 bridgehead atoms. The van der Waals surface area contributed by atoms with E-state index in [1.54, 1.807) is 36.4 Å². The molecule has 0 unspecified atom stereocenters. The molecule has 21 heavy (non-hydrogen) atoms. The van der Waals surface area contributed by atoms with Gasteiger partial charge in [-0.3, -0.25) is 10.1 Å². The highest BCUT2D eigenvalue weighted by molar-refractivity contribution is 6.30. The minimum Gasteiger partial charge on any atom is -0.478 e. The van der Waals surface area contributed by atoms with Crippen molar-refractivity contribution >= 4 is 29.3 Å². The van der Waals surface area contributed by atoms with Crippen LogP contribution < -0.4 is 0 Å².